The molecule has 0 saturated carbocycles. The van der Waals surface area contributed by atoms with Crippen molar-refractivity contribution in [2.24, 2.45) is 0 Å². The zero-order valence-corrected chi connectivity index (χ0v) is 13.2. The molecule has 0 aliphatic carbocycles. The molecular weight excluding hydrogens is 341 g/mol. The highest BCUT2D eigenvalue weighted by atomic mass is 35.5. The van der Waals surface area contributed by atoms with Crippen LogP contribution in [0.5, 0.6) is 0 Å². The van der Waals surface area contributed by atoms with Crippen molar-refractivity contribution in [2.45, 2.75) is 11.4 Å². The van der Waals surface area contributed by atoms with Gasteiger partial charge in [-0.1, -0.05) is 46.9 Å². The van der Waals surface area contributed by atoms with Crippen LogP contribution >= 0.6 is 34.8 Å². The Morgan fingerprint density at radius 1 is 0.900 bits per heavy atom. The minimum absolute atomic E-state index is 0.0250. The van der Waals surface area contributed by atoms with Crippen molar-refractivity contribution >= 4 is 44.8 Å². The van der Waals surface area contributed by atoms with Gasteiger partial charge in [0.05, 0.1) is 4.90 Å². The molecule has 0 unspecified atom stereocenters. The summed E-state index contributed by atoms with van der Waals surface area (Å²) in [6, 6.07) is 11.1. The molecule has 7 heteroatoms. The average Bonchev–Trinajstić information content (AvgIpc) is 2.35. The first kappa shape index (κ1) is 15.6. The van der Waals surface area contributed by atoms with Crippen molar-refractivity contribution in [3.05, 3.63) is 63.1 Å². The summed E-state index contributed by atoms with van der Waals surface area (Å²) in [5.41, 5.74) is 0.759. The Bertz CT molecular complexity index is 712. The van der Waals surface area contributed by atoms with Crippen LogP contribution in [-0.2, 0) is 16.6 Å². The molecule has 0 saturated heterocycles. The maximum absolute atomic E-state index is 12.1. The van der Waals surface area contributed by atoms with E-state index in [1.165, 1.54) is 18.2 Å². The zero-order chi connectivity index (χ0) is 14.8. The fourth-order valence-corrected chi connectivity index (χ4v) is 3.55. The Balaban J connectivity index is 2.19. The quantitative estimate of drug-likeness (QED) is 0.901. The summed E-state index contributed by atoms with van der Waals surface area (Å²) in [5.74, 6) is 0. The Kier molecular flexibility index (Phi) is 4.94. The molecule has 0 amide bonds. The third-order valence-corrected chi connectivity index (χ3v) is 4.55. The molecule has 2 aromatic rings. The Morgan fingerprint density at radius 2 is 1.55 bits per heavy atom. The predicted molar refractivity (Wildman–Crippen MR) is 81.9 cm³/mol. The molecule has 1 N–H and O–H groups in total. The second-order valence-electron chi connectivity index (χ2n) is 4.06. The normalized spacial score (nSPS) is 11.6. The molecule has 0 heterocycles. The van der Waals surface area contributed by atoms with Gasteiger partial charge < -0.3 is 0 Å². The molecule has 0 aromatic heterocycles. The second kappa shape index (κ2) is 6.33. The lowest BCUT2D eigenvalue weighted by Crippen LogP contribution is -2.23. The molecule has 106 valence electrons. The summed E-state index contributed by atoms with van der Waals surface area (Å²) >= 11 is 17.4. The monoisotopic (exact) mass is 349 g/mol. The van der Waals surface area contributed by atoms with Crippen molar-refractivity contribution in [3.63, 3.8) is 0 Å². The van der Waals surface area contributed by atoms with Crippen LogP contribution in [0.3, 0.4) is 0 Å². The summed E-state index contributed by atoms with van der Waals surface area (Å²) in [6.07, 6.45) is 0. The molecule has 2 rings (SSSR count). The van der Waals surface area contributed by atoms with Crippen LogP contribution in [0.25, 0.3) is 0 Å². The van der Waals surface area contributed by atoms with Crippen molar-refractivity contribution in [1.29, 1.82) is 0 Å². The molecule has 0 aliphatic heterocycles. The van der Waals surface area contributed by atoms with Crippen molar-refractivity contribution in [1.82, 2.24) is 4.72 Å². The number of nitrogens with one attached hydrogen (secondary N) is 1. The van der Waals surface area contributed by atoms with E-state index in [0.717, 1.165) is 5.56 Å². The van der Waals surface area contributed by atoms with Crippen molar-refractivity contribution in [2.75, 3.05) is 0 Å². The maximum Gasteiger partial charge on any atom is 0.240 e. The first-order valence-electron chi connectivity index (χ1n) is 5.57. The van der Waals surface area contributed by atoms with Gasteiger partial charge in [-0.3, -0.25) is 0 Å². The minimum Gasteiger partial charge on any atom is -0.207 e. The summed E-state index contributed by atoms with van der Waals surface area (Å²) in [4.78, 5) is 0.0250. The number of hydrogen-bond donors (Lipinski definition) is 1. The fourth-order valence-electron chi connectivity index (χ4n) is 1.59. The highest BCUT2D eigenvalue weighted by Crippen LogP contribution is 2.22. The van der Waals surface area contributed by atoms with Crippen LogP contribution in [0.4, 0.5) is 0 Å². The van der Waals surface area contributed by atoms with E-state index in [4.69, 9.17) is 34.8 Å². The number of sulfonamides is 1. The zero-order valence-electron chi connectivity index (χ0n) is 10.1. The van der Waals surface area contributed by atoms with Crippen LogP contribution in [0.1, 0.15) is 5.56 Å². The number of rotatable bonds is 4. The summed E-state index contributed by atoms with van der Waals surface area (Å²) in [6.45, 7) is 0.132. The molecule has 3 nitrogen and oxygen atoms in total. The molecular formula is C13H10Cl3NO2S. The predicted octanol–water partition coefficient (Wildman–Crippen LogP) is 4.13. The molecule has 20 heavy (non-hydrogen) atoms. The highest BCUT2D eigenvalue weighted by Gasteiger charge is 2.15. The largest absolute Gasteiger partial charge is 0.240 e. The minimum atomic E-state index is -3.68. The van der Waals surface area contributed by atoms with E-state index in [9.17, 15) is 8.42 Å². The van der Waals surface area contributed by atoms with Crippen LogP contribution in [0, 0.1) is 0 Å². The molecule has 0 radical (unpaired) electrons. The van der Waals surface area contributed by atoms with Crippen molar-refractivity contribution < 1.29 is 8.42 Å². The molecule has 0 spiro atoms. The Hall–Kier alpha value is -0.780. The van der Waals surface area contributed by atoms with E-state index in [1.54, 1.807) is 24.3 Å². The van der Waals surface area contributed by atoms with E-state index < -0.39 is 10.0 Å². The van der Waals surface area contributed by atoms with E-state index >= 15 is 0 Å². The maximum atomic E-state index is 12.1. The van der Waals surface area contributed by atoms with E-state index in [-0.39, 0.29) is 21.5 Å². The van der Waals surface area contributed by atoms with Gasteiger partial charge in [0, 0.05) is 21.6 Å². The standard InChI is InChI=1S/C13H10Cl3NO2S/c14-10-3-1-2-9(4-10)8-17-20(18,19)13-6-11(15)5-12(16)7-13/h1-7,17H,8H2. The van der Waals surface area contributed by atoms with Gasteiger partial charge in [0.2, 0.25) is 10.0 Å². The lowest BCUT2D eigenvalue weighted by molar-refractivity contribution is 0.581. The van der Waals surface area contributed by atoms with E-state index in [1.807, 2.05) is 0 Å². The molecule has 2 aromatic carbocycles. The number of halogens is 3. The second-order valence-corrected chi connectivity index (χ2v) is 7.14. The first-order valence-corrected chi connectivity index (χ1v) is 8.19. The van der Waals surface area contributed by atoms with Crippen molar-refractivity contribution in [3.8, 4) is 0 Å². The van der Waals surface area contributed by atoms with Gasteiger partial charge in [-0.05, 0) is 35.9 Å². The van der Waals surface area contributed by atoms with Gasteiger partial charge in [0.25, 0.3) is 0 Å². The Labute approximate surface area is 132 Å². The molecule has 0 aliphatic rings. The topological polar surface area (TPSA) is 46.2 Å². The van der Waals surface area contributed by atoms with Crippen LogP contribution < -0.4 is 4.72 Å². The summed E-state index contributed by atoms with van der Waals surface area (Å²) < 4.78 is 26.7. The highest BCUT2D eigenvalue weighted by molar-refractivity contribution is 7.89. The van der Waals surface area contributed by atoms with Gasteiger partial charge in [0.1, 0.15) is 0 Å². The van der Waals surface area contributed by atoms with E-state index in [2.05, 4.69) is 4.72 Å². The van der Waals surface area contributed by atoms with Gasteiger partial charge in [-0.2, -0.15) is 0 Å². The smallest absolute Gasteiger partial charge is 0.207 e. The van der Waals surface area contributed by atoms with Crippen LogP contribution in [-0.4, -0.2) is 8.42 Å². The SMILES string of the molecule is O=S(=O)(NCc1cccc(Cl)c1)c1cc(Cl)cc(Cl)c1. The van der Waals surface area contributed by atoms with E-state index in [0.29, 0.717) is 5.02 Å². The molecule has 0 bridgehead atoms. The number of benzene rings is 2. The lowest BCUT2D eigenvalue weighted by Gasteiger charge is -2.08. The Morgan fingerprint density at radius 3 is 2.15 bits per heavy atom. The number of hydrogen-bond acceptors (Lipinski definition) is 2. The van der Waals surface area contributed by atoms with Gasteiger partial charge in [-0.15, -0.1) is 0 Å². The lowest BCUT2D eigenvalue weighted by atomic mass is 10.2. The fraction of sp³-hybridized carbons (Fsp3) is 0.0769. The van der Waals surface area contributed by atoms with Crippen LogP contribution in [0.2, 0.25) is 15.1 Å². The molecule has 0 fully saturated rings. The summed E-state index contributed by atoms with van der Waals surface area (Å²) in [5, 5.41) is 1.08. The average molecular weight is 351 g/mol. The third kappa shape index (κ3) is 4.11. The summed E-state index contributed by atoms with van der Waals surface area (Å²) in [7, 11) is -3.68. The molecule has 0 atom stereocenters. The van der Waals surface area contributed by atoms with Crippen LogP contribution in [0.15, 0.2) is 47.4 Å². The van der Waals surface area contributed by atoms with Gasteiger partial charge >= 0.3 is 0 Å². The third-order valence-electron chi connectivity index (χ3n) is 2.50. The van der Waals surface area contributed by atoms with Gasteiger partial charge in [-0.25, -0.2) is 13.1 Å². The first-order chi connectivity index (χ1) is 9.37. The van der Waals surface area contributed by atoms with Gasteiger partial charge in [0.15, 0.2) is 0 Å².